The van der Waals surface area contributed by atoms with E-state index in [1.807, 2.05) is 11.9 Å². The molecular weight excluding hydrogens is 352 g/mol. The lowest BCUT2D eigenvalue weighted by Crippen LogP contribution is -2.46. The normalized spacial score (nSPS) is 17.7. The number of likely N-dealkylation sites (tertiary alicyclic amines) is 1. The highest BCUT2D eigenvalue weighted by atomic mass is 32.2. The van der Waals surface area contributed by atoms with Crippen molar-refractivity contribution < 1.29 is 13.2 Å². The van der Waals surface area contributed by atoms with Gasteiger partial charge in [0, 0.05) is 37.1 Å². The molecule has 1 atom stereocenters. The molecule has 0 saturated carbocycles. The van der Waals surface area contributed by atoms with Crippen LogP contribution in [0.4, 0.5) is 5.69 Å². The first-order valence-corrected chi connectivity index (χ1v) is 9.97. The van der Waals surface area contributed by atoms with Crippen LogP contribution < -0.4 is 10.0 Å². The molecule has 7 nitrogen and oxygen atoms in total. The standard InChI is InChI=1S/C18H22N4O3S/c1-19-16-3-2-12-22(13-16)18(23)14-4-6-17(7-5-14)26(24,25)21-15-8-10-20-11-9-15/h4-11,16,19H,2-3,12-13H2,1H3,(H,20,21). The maximum absolute atomic E-state index is 12.6. The molecule has 1 aromatic carbocycles. The van der Waals surface area contributed by atoms with Gasteiger partial charge in [-0.1, -0.05) is 0 Å². The summed E-state index contributed by atoms with van der Waals surface area (Å²) in [6.45, 7) is 1.39. The number of amides is 1. The maximum Gasteiger partial charge on any atom is 0.261 e. The maximum atomic E-state index is 12.6. The smallest absolute Gasteiger partial charge is 0.261 e. The molecule has 0 radical (unpaired) electrons. The third-order valence-electron chi connectivity index (χ3n) is 4.46. The summed E-state index contributed by atoms with van der Waals surface area (Å²) in [5, 5.41) is 3.21. The summed E-state index contributed by atoms with van der Waals surface area (Å²) >= 11 is 0. The van der Waals surface area contributed by atoms with E-state index in [0.29, 0.717) is 23.8 Å². The van der Waals surface area contributed by atoms with Gasteiger partial charge < -0.3 is 10.2 Å². The van der Waals surface area contributed by atoms with Crippen LogP contribution in [0.2, 0.25) is 0 Å². The van der Waals surface area contributed by atoms with Gasteiger partial charge in [0.25, 0.3) is 15.9 Å². The lowest BCUT2D eigenvalue weighted by atomic mass is 10.0. The second-order valence-corrected chi connectivity index (χ2v) is 7.93. The van der Waals surface area contributed by atoms with E-state index >= 15 is 0 Å². The average molecular weight is 374 g/mol. The zero-order valence-corrected chi connectivity index (χ0v) is 15.4. The molecule has 1 fully saturated rings. The minimum absolute atomic E-state index is 0.0732. The molecular formula is C18H22N4O3S. The Bertz CT molecular complexity index is 854. The zero-order valence-electron chi connectivity index (χ0n) is 14.6. The number of likely N-dealkylation sites (N-methyl/N-ethyl adjacent to an activating group) is 1. The number of carbonyl (C=O) groups excluding carboxylic acids is 1. The number of anilines is 1. The fourth-order valence-corrected chi connectivity index (χ4v) is 4.05. The molecule has 1 aliphatic heterocycles. The molecule has 1 amide bonds. The van der Waals surface area contributed by atoms with E-state index in [9.17, 15) is 13.2 Å². The summed E-state index contributed by atoms with van der Waals surface area (Å²) in [6.07, 6.45) is 5.03. The fourth-order valence-electron chi connectivity index (χ4n) is 2.99. The molecule has 0 spiro atoms. The van der Waals surface area contributed by atoms with Gasteiger partial charge in [0.1, 0.15) is 0 Å². The lowest BCUT2D eigenvalue weighted by Gasteiger charge is -2.32. The Morgan fingerprint density at radius 3 is 2.50 bits per heavy atom. The van der Waals surface area contributed by atoms with Crippen LogP contribution in [0.25, 0.3) is 0 Å². The SMILES string of the molecule is CNC1CCCN(C(=O)c2ccc(S(=O)(=O)Nc3ccncc3)cc2)C1. The number of aromatic nitrogens is 1. The van der Waals surface area contributed by atoms with Crippen molar-refractivity contribution in [2.75, 3.05) is 24.9 Å². The second-order valence-electron chi connectivity index (χ2n) is 6.24. The van der Waals surface area contributed by atoms with Crippen LogP contribution in [0.1, 0.15) is 23.2 Å². The van der Waals surface area contributed by atoms with Crippen molar-refractivity contribution in [3.8, 4) is 0 Å². The molecule has 0 bridgehead atoms. The highest BCUT2D eigenvalue weighted by Crippen LogP contribution is 2.18. The molecule has 1 aromatic heterocycles. The second kappa shape index (κ2) is 7.84. The van der Waals surface area contributed by atoms with Gasteiger partial charge in [0.15, 0.2) is 0 Å². The van der Waals surface area contributed by atoms with Crippen molar-refractivity contribution in [2.24, 2.45) is 0 Å². The Morgan fingerprint density at radius 2 is 1.85 bits per heavy atom. The van der Waals surface area contributed by atoms with Crippen molar-refractivity contribution in [1.29, 1.82) is 0 Å². The van der Waals surface area contributed by atoms with Gasteiger partial charge in [-0.3, -0.25) is 14.5 Å². The number of benzene rings is 1. The molecule has 2 aromatic rings. The Balaban J connectivity index is 1.72. The number of nitrogens with zero attached hydrogens (tertiary/aromatic N) is 2. The molecule has 8 heteroatoms. The van der Waals surface area contributed by atoms with Crippen molar-refractivity contribution in [2.45, 2.75) is 23.8 Å². The van der Waals surface area contributed by atoms with Gasteiger partial charge >= 0.3 is 0 Å². The first kappa shape index (κ1) is 18.3. The number of nitrogens with one attached hydrogen (secondary N) is 2. The lowest BCUT2D eigenvalue weighted by molar-refractivity contribution is 0.0698. The fraction of sp³-hybridized carbons (Fsp3) is 0.333. The number of hydrogen-bond donors (Lipinski definition) is 2. The van der Waals surface area contributed by atoms with E-state index in [4.69, 9.17) is 0 Å². The van der Waals surface area contributed by atoms with Crippen LogP contribution in [-0.4, -0.2) is 50.4 Å². The molecule has 1 unspecified atom stereocenters. The van der Waals surface area contributed by atoms with Gasteiger partial charge in [-0.15, -0.1) is 0 Å². The summed E-state index contributed by atoms with van der Waals surface area (Å²) in [6, 6.07) is 9.48. The van der Waals surface area contributed by atoms with Gasteiger partial charge in [0.05, 0.1) is 10.6 Å². The molecule has 138 valence electrons. The predicted molar refractivity (Wildman–Crippen MR) is 99.5 cm³/mol. The molecule has 26 heavy (non-hydrogen) atoms. The Kier molecular flexibility index (Phi) is 5.53. The Morgan fingerprint density at radius 1 is 1.15 bits per heavy atom. The predicted octanol–water partition coefficient (Wildman–Crippen LogP) is 1.71. The Hall–Kier alpha value is -2.45. The first-order valence-electron chi connectivity index (χ1n) is 8.49. The van der Waals surface area contributed by atoms with Crippen molar-refractivity contribution in [3.05, 3.63) is 54.4 Å². The number of piperidine rings is 1. The number of pyridine rings is 1. The van der Waals surface area contributed by atoms with E-state index in [2.05, 4.69) is 15.0 Å². The van der Waals surface area contributed by atoms with Crippen LogP contribution in [-0.2, 0) is 10.0 Å². The number of carbonyl (C=O) groups is 1. The average Bonchev–Trinajstić information content (AvgIpc) is 2.68. The van der Waals surface area contributed by atoms with Gasteiger partial charge in [-0.25, -0.2) is 8.42 Å². The van der Waals surface area contributed by atoms with Gasteiger partial charge in [-0.2, -0.15) is 0 Å². The van der Waals surface area contributed by atoms with Crippen LogP contribution in [0.5, 0.6) is 0 Å². The zero-order chi connectivity index (χ0) is 18.6. The summed E-state index contributed by atoms with van der Waals surface area (Å²) in [5.41, 5.74) is 0.927. The number of hydrogen-bond acceptors (Lipinski definition) is 5. The van der Waals surface area contributed by atoms with E-state index in [-0.39, 0.29) is 10.8 Å². The summed E-state index contributed by atoms with van der Waals surface area (Å²) in [5.74, 6) is -0.0732. The molecule has 3 rings (SSSR count). The van der Waals surface area contributed by atoms with Gasteiger partial charge in [0.2, 0.25) is 0 Å². The van der Waals surface area contributed by atoms with Crippen LogP contribution >= 0.6 is 0 Å². The molecule has 2 heterocycles. The summed E-state index contributed by atoms with van der Waals surface area (Å²) in [4.78, 5) is 18.4. The summed E-state index contributed by atoms with van der Waals surface area (Å²) < 4.78 is 27.4. The number of rotatable bonds is 5. The largest absolute Gasteiger partial charge is 0.337 e. The molecule has 2 N–H and O–H groups in total. The molecule has 1 aliphatic rings. The van der Waals surface area contributed by atoms with Crippen LogP contribution in [0.15, 0.2) is 53.7 Å². The minimum atomic E-state index is -3.71. The quantitative estimate of drug-likeness (QED) is 0.831. The Labute approximate surface area is 153 Å². The molecule has 0 aliphatic carbocycles. The monoisotopic (exact) mass is 374 g/mol. The van der Waals surface area contributed by atoms with E-state index in [1.54, 1.807) is 24.3 Å². The summed E-state index contributed by atoms with van der Waals surface area (Å²) in [7, 11) is -1.81. The van der Waals surface area contributed by atoms with E-state index in [0.717, 1.165) is 19.4 Å². The highest BCUT2D eigenvalue weighted by Gasteiger charge is 2.24. The number of sulfonamides is 1. The van der Waals surface area contributed by atoms with Crippen LogP contribution in [0, 0.1) is 0 Å². The minimum Gasteiger partial charge on any atom is -0.337 e. The van der Waals surface area contributed by atoms with E-state index in [1.165, 1.54) is 24.5 Å². The van der Waals surface area contributed by atoms with Gasteiger partial charge in [-0.05, 0) is 56.3 Å². The third-order valence-corrected chi connectivity index (χ3v) is 5.86. The molecule has 1 saturated heterocycles. The van der Waals surface area contributed by atoms with Crippen molar-refractivity contribution >= 4 is 21.6 Å². The first-order chi connectivity index (χ1) is 12.5. The van der Waals surface area contributed by atoms with Crippen molar-refractivity contribution in [3.63, 3.8) is 0 Å². The van der Waals surface area contributed by atoms with Crippen molar-refractivity contribution in [1.82, 2.24) is 15.2 Å². The third kappa shape index (κ3) is 4.20. The highest BCUT2D eigenvalue weighted by molar-refractivity contribution is 7.92. The van der Waals surface area contributed by atoms with E-state index < -0.39 is 10.0 Å². The van der Waals surface area contributed by atoms with Crippen LogP contribution in [0.3, 0.4) is 0 Å². The topological polar surface area (TPSA) is 91.4 Å².